The minimum Gasteiger partial charge on any atom is -0.491 e. The molecule has 0 aromatic heterocycles. The van der Waals surface area contributed by atoms with Crippen LogP contribution in [0.4, 0.5) is 5.69 Å². The fourth-order valence-corrected chi connectivity index (χ4v) is 2.83. The molecule has 20 heavy (non-hydrogen) atoms. The molecule has 1 aromatic rings. The van der Waals surface area contributed by atoms with Crippen molar-refractivity contribution in [1.82, 2.24) is 0 Å². The van der Waals surface area contributed by atoms with Crippen molar-refractivity contribution in [2.24, 2.45) is 5.92 Å². The highest BCUT2D eigenvalue weighted by atomic mass is 16.5. The summed E-state index contributed by atoms with van der Waals surface area (Å²) in [6.07, 6.45) is 9.76. The smallest absolute Gasteiger partial charge is 0.121 e. The van der Waals surface area contributed by atoms with E-state index in [9.17, 15) is 0 Å². The molecule has 0 bridgehead atoms. The molecule has 1 aliphatic carbocycles. The van der Waals surface area contributed by atoms with Crippen LogP contribution in [0.3, 0.4) is 0 Å². The van der Waals surface area contributed by atoms with E-state index in [1.165, 1.54) is 44.2 Å². The third kappa shape index (κ3) is 5.07. The molecule has 1 aromatic carbocycles. The van der Waals surface area contributed by atoms with Crippen molar-refractivity contribution in [3.8, 4) is 5.75 Å². The van der Waals surface area contributed by atoms with E-state index in [1.807, 2.05) is 6.07 Å². The number of nitrogens with one attached hydrogen (secondary N) is 1. The van der Waals surface area contributed by atoms with Gasteiger partial charge in [-0.15, -0.1) is 0 Å². The number of hydrogen-bond donors (Lipinski definition) is 1. The molecule has 1 saturated carbocycles. The van der Waals surface area contributed by atoms with E-state index in [-0.39, 0.29) is 6.10 Å². The highest BCUT2D eigenvalue weighted by Gasteiger charge is 2.12. The summed E-state index contributed by atoms with van der Waals surface area (Å²) in [7, 11) is 0. The van der Waals surface area contributed by atoms with Gasteiger partial charge in [0.05, 0.1) is 6.10 Å². The first-order chi connectivity index (χ1) is 9.78. The zero-order chi connectivity index (χ0) is 14.2. The van der Waals surface area contributed by atoms with Crippen molar-refractivity contribution in [2.45, 2.75) is 64.9 Å². The van der Waals surface area contributed by atoms with Crippen LogP contribution >= 0.6 is 0 Å². The predicted molar refractivity (Wildman–Crippen MR) is 86.5 cm³/mol. The van der Waals surface area contributed by atoms with Gasteiger partial charge in [-0.05, 0) is 44.2 Å². The maximum absolute atomic E-state index is 5.88. The van der Waals surface area contributed by atoms with Crippen molar-refractivity contribution in [2.75, 3.05) is 11.9 Å². The molecular weight excluding hydrogens is 246 g/mol. The maximum atomic E-state index is 5.88. The Morgan fingerprint density at radius 1 is 1.20 bits per heavy atom. The predicted octanol–water partition coefficient (Wildman–Crippen LogP) is 5.25. The first-order valence-corrected chi connectivity index (χ1v) is 8.28. The van der Waals surface area contributed by atoms with Gasteiger partial charge in [0.15, 0.2) is 0 Å². The summed E-state index contributed by atoms with van der Waals surface area (Å²) in [4.78, 5) is 0. The molecule has 0 amide bonds. The average molecular weight is 275 g/mol. The molecule has 2 heteroatoms. The summed E-state index contributed by atoms with van der Waals surface area (Å²) in [5.41, 5.74) is 1.19. The number of benzene rings is 1. The number of hydrogen-bond acceptors (Lipinski definition) is 2. The van der Waals surface area contributed by atoms with Crippen LogP contribution in [0.5, 0.6) is 5.75 Å². The van der Waals surface area contributed by atoms with Crippen LogP contribution in [0.25, 0.3) is 0 Å². The average Bonchev–Trinajstić information content (AvgIpc) is 2.74. The van der Waals surface area contributed by atoms with Crippen LogP contribution in [0.15, 0.2) is 24.3 Å². The fourth-order valence-electron chi connectivity index (χ4n) is 2.83. The summed E-state index contributed by atoms with van der Waals surface area (Å²) in [5, 5.41) is 3.59. The standard InChI is InChI=1S/C18H29NO/c1-3-15(2)20-18-12-8-11-17(13-18)19-14-16-9-6-4-5-7-10-16/h8,11-13,15-16,19H,3-7,9-10,14H2,1-2H3. The first kappa shape index (κ1) is 15.2. The molecule has 0 heterocycles. The Labute approximate surface area is 123 Å². The lowest BCUT2D eigenvalue weighted by molar-refractivity contribution is 0.217. The molecule has 1 fully saturated rings. The molecule has 0 aliphatic heterocycles. The van der Waals surface area contributed by atoms with E-state index in [4.69, 9.17) is 4.74 Å². The highest BCUT2D eigenvalue weighted by Crippen LogP contribution is 2.24. The van der Waals surface area contributed by atoms with Crippen LogP contribution in [0, 0.1) is 5.92 Å². The van der Waals surface area contributed by atoms with Gasteiger partial charge in [-0.25, -0.2) is 0 Å². The van der Waals surface area contributed by atoms with Crippen LogP contribution in [0.2, 0.25) is 0 Å². The Balaban J connectivity index is 1.84. The molecule has 1 unspecified atom stereocenters. The van der Waals surface area contributed by atoms with Crippen molar-refractivity contribution >= 4 is 5.69 Å². The molecule has 0 saturated heterocycles. The molecule has 1 atom stereocenters. The van der Waals surface area contributed by atoms with Crippen LogP contribution in [0.1, 0.15) is 58.8 Å². The van der Waals surface area contributed by atoms with Gasteiger partial charge in [0.2, 0.25) is 0 Å². The summed E-state index contributed by atoms with van der Waals surface area (Å²) >= 11 is 0. The largest absolute Gasteiger partial charge is 0.491 e. The van der Waals surface area contributed by atoms with Crippen LogP contribution < -0.4 is 10.1 Å². The van der Waals surface area contributed by atoms with Gasteiger partial charge in [-0.1, -0.05) is 38.7 Å². The van der Waals surface area contributed by atoms with E-state index >= 15 is 0 Å². The summed E-state index contributed by atoms with van der Waals surface area (Å²) in [6.45, 7) is 5.37. The quantitative estimate of drug-likeness (QED) is 0.716. The van der Waals surface area contributed by atoms with Crippen molar-refractivity contribution < 1.29 is 4.74 Å². The van der Waals surface area contributed by atoms with Gasteiger partial charge < -0.3 is 10.1 Å². The van der Waals surface area contributed by atoms with E-state index in [0.717, 1.165) is 24.6 Å². The van der Waals surface area contributed by atoms with E-state index in [0.29, 0.717) is 0 Å². The summed E-state index contributed by atoms with van der Waals surface area (Å²) in [5.74, 6) is 1.82. The first-order valence-electron chi connectivity index (χ1n) is 8.28. The zero-order valence-electron chi connectivity index (χ0n) is 13.0. The number of rotatable bonds is 6. The molecule has 112 valence electrons. The Kier molecular flexibility index (Phi) is 6.23. The number of ether oxygens (including phenoxy) is 1. The Bertz CT molecular complexity index is 383. The second kappa shape index (κ2) is 8.18. The van der Waals surface area contributed by atoms with Gasteiger partial charge in [0.25, 0.3) is 0 Å². The van der Waals surface area contributed by atoms with Gasteiger partial charge in [0, 0.05) is 18.3 Å². The fraction of sp³-hybridized carbons (Fsp3) is 0.667. The zero-order valence-corrected chi connectivity index (χ0v) is 13.0. The second-order valence-electron chi connectivity index (χ2n) is 6.10. The third-order valence-electron chi connectivity index (χ3n) is 4.32. The summed E-state index contributed by atoms with van der Waals surface area (Å²) in [6, 6.07) is 8.39. The molecule has 1 N–H and O–H groups in total. The second-order valence-corrected chi connectivity index (χ2v) is 6.10. The van der Waals surface area contributed by atoms with Crippen molar-refractivity contribution in [3.63, 3.8) is 0 Å². The normalized spacial score (nSPS) is 18.3. The van der Waals surface area contributed by atoms with Gasteiger partial charge in [0.1, 0.15) is 5.75 Å². The minimum absolute atomic E-state index is 0.284. The monoisotopic (exact) mass is 275 g/mol. The van der Waals surface area contributed by atoms with E-state index < -0.39 is 0 Å². The van der Waals surface area contributed by atoms with Crippen molar-refractivity contribution in [1.29, 1.82) is 0 Å². The third-order valence-corrected chi connectivity index (χ3v) is 4.32. The lowest BCUT2D eigenvalue weighted by Crippen LogP contribution is -2.14. The minimum atomic E-state index is 0.284. The Morgan fingerprint density at radius 2 is 1.95 bits per heavy atom. The lowest BCUT2D eigenvalue weighted by Gasteiger charge is -2.17. The maximum Gasteiger partial charge on any atom is 0.121 e. The molecule has 1 aliphatic rings. The Morgan fingerprint density at radius 3 is 2.65 bits per heavy atom. The lowest BCUT2D eigenvalue weighted by atomic mass is 10.0. The molecule has 0 spiro atoms. The molecule has 0 radical (unpaired) electrons. The summed E-state index contributed by atoms with van der Waals surface area (Å²) < 4.78 is 5.88. The SMILES string of the molecule is CCC(C)Oc1cccc(NCC2CCCCCC2)c1. The van der Waals surface area contributed by atoms with E-state index in [2.05, 4.69) is 37.4 Å². The van der Waals surface area contributed by atoms with Gasteiger partial charge in [-0.2, -0.15) is 0 Å². The highest BCUT2D eigenvalue weighted by molar-refractivity contribution is 5.48. The molecule has 2 nitrogen and oxygen atoms in total. The van der Waals surface area contributed by atoms with Gasteiger partial charge >= 0.3 is 0 Å². The Hall–Kier alpha value is -1.18. The molecular formula is C18H29NO. The topological polar surface area (TPSA) is 21.3 Å². The van der Waals surface area contributed by atoms with Crippen LogP contribution in [-0.2, 0) is 0 Å². The number of anilines is 1. The van der Waals surface area contributed by atoms with Gasteiger partial charge in [-0.3, -0.25) is 0 Å². The van der Waals surface area contributed by atoms with Crippen molar-refractivity contribution in [3.05, 3.63) is 24.3 Å². The van der Waals surface area contributed by atoms with Crippen LogP contribution in [-0.4, -0.2) is 12.6 Å². The van der Waals surface area contributed by atoms with E-state index in [1.54, 1.807) is 0 Å². The molecule has 2 rings (SSSR count).